The molecule has 2 heterocycles. The van der Waals surface area contributed by atoms with Crippen molar-refractivity contribution in [3.63, 3.8) is 0 Å². The Labute approximate surface area is 93.0 Å². The van der Waals surface area contributed by atoms with Crippen molar-refractivity contribution in [2.24, 2.45) is 0 Å². The number of H-pyrrole nitrogens is 1. The number of nitrogens with one attached hydrogen (secondary N) is 2. The van der Waals surface area contributed by atoms with Crippen LogP contribution in [0.4, 0.5) is 5.69 Å². The van der Waals surface area contributed by atoms with E-state index in [1.165, 1.54) is 12.2 Å². The van der Waals surface area contributed by atoms with Gasteiger partial charge >= 0.3 is 0 Å². The molecule has 1 aromatic rings. The first-order valence-electron chi connectivity index (χ1n) is 5.08. The van der Waals surface area contributed by atoms with Crippen LogP contribution >= 0.6 is 11.8 Å². The molecule has 1 atom stereocenters. The van der Waals surface area contributed by atoms with E-state index in [9.17, 15) is 4.79 Å². The molecule has 1 fully saturated rings. The first kappa shape index (κ1) is 10.4. The van der Waals surface area contributed by atoms with Crippen LogP contribution in [0.15, 0.2) is 12.3 Å². The van der Waals surface area contributed by atoms with Crippen molar-refractivity contribution in [3.8, 4) is 0 Å². The molecule has 1 aromatic heterocycles. The Kier molecular flexibility index (Phi) is 3.20. The van der Waals surface area contributed by atoms with E-state index in [-0.39, 0.29) is 5.91 Å². The van der Waals surface area contributed by atoms with Crippen molar-refractivity contribution < 1.29 is 4.79 Å². The predicted molar refractivity (Wildman–Crippen MR) is 63.0 cm³/mol. The smallest absolute Gasteiger partial charge is 0.268 e. The van der Waals surface area contributed by atoms with Gasteiger partial charge in [0.2, 0.25) is 0 Å². The third-order valence-electron chi connectivity index (χ3n) is 2.45. The largest absolute Gasteiger partial charge is 0.397 e. The number of anilines is 1. The third-order valence-corrected chi connectivity index (χ3v) is 3.66. The Bertz CT molecular complexity index is 344. The standard InChI is InChI=1S/C10H15N3OS/c11-7-4-9(12-5-7)10(14)13-8-2-1-3-15-6-8/h4-5,8,12H,1-3,6,11H2,(H,13,14). The van der Waals surface area contributed by atoms with Crippen molar-refractivity contribution in [3.05, 3.63) is 18.0 Å². The molecule has 1 unspecified atom stereocenters. The number of carbonyl (C=O) groups is 1. The summed E-state index contributed by atoms with van der Waals surface area (Å²) in [5.41, 5.74) is 6.67. The number of hydrogen-bond acceptors (Lipinski definition) is 3. The second kappa shape index (κ2) is 4.61. The van der Waals surface area contributed by atoms with Gasteiger partial charge in [-0.3, -0.25) is 4.79 Å². The summed E-state index contributed by atoms with van der Waals surface area (Å²) in [4.78, 5) is 14.6. The number of nitrogens with two attached hydrogens (primary N) is 1. The lowest BCUT2D eigenvalue weighted by Gasteiger charge is -2.22. The average molecular weight is 225 g/mol. The fourth-order valence-corrected chi connectivity index (χ4v) is 2.73. The monoisotopic (exact) mass is 225 g/mol. The molecule has 1 amide bonds. The summed E-state index contributed by atoms with van der Waals surface area (Å²) in [7, 11) is 0. The summed E-state index contributed by atoms with van der Waals surface area (Å²) >= 11 is 1.90. The normalized spacial score (nSPS) is 21.2. The molecule has 2 rings (SSSR count). The molecular weight excluding hydrogens is 210 g/mol. The highest BCUT2D eigenvalue weighted by atomic mass is 32.2. The van der Waals surface area contributed by atoms with E-state index < -0.39 is 0 Å². The number of rotatable bonds is 2. The second-order valence-corrected chi connectivity index (χ2v) is 4.88. The number of hydrogen-bond donors (Lipinski definition) is 3. The summed E-state index contributed by atoms with van der Waals surface area (Å²) in [6.07, 6.45) is 3.89. The molecule has 82 valence electrons. The van der Waals surface area contributed by atoms with Crippen LogP contribution in [-0.2, 0) is 0 Å². The topological polar surface area (TPSA) is 70.9 Å². The lowest BCUT2D eigenvalue weighted by Crippen LogP contribution is -2.38. The van der Waals surface area contributed by atoms with Gasteiger partial charge in [-0.15, -0.1) is 0 Å². The van der Waals surface area contributed by atoms with Crippen LogP contribution in [0.3, 0.4) is 0 Å². The molecule has 1 aliphatic rings. The zero-order valence-electron chi connectivity index (χ0n) is 8.45. The van der Waals surface area contributed by atoms with Gasteiger partial charge in [-0.05, 0) is 24.7 Å². The molecule has 0 spiro atoms. The van der Waals surface area contributed by atoms with E-state index in [0.29, 0.717) is 17.4 Å². The van der Waals surface area contributed by atoms with Gasteiger partial charge < -0.3 is 16.0 Å². The van der Waals surface area contributed by atoms with Crippen molar-refractivity contribution in [2.75, 3.05) is 17.2 Å². The minimum atomic E-state index is -0.0563. The van der Waals surface area contributed by atoms with Crippen LogP contribution < -0.4 is 11.1 Å². The van der Waals surface area contributed by atoms with Gasteiger partial charge in [-0.1, -0.05) is 0 Å². The Balaban J connectivity index is 1.91. The second-order valence-electron chi connectivity index (χ2n) is 3.73. The van der Waals surface area contributed by atoms with E-state index in [1.54, 1.807) is 12.3 Å². The highest BCUT2D eigenvalue weighted by Gasteiger charge is 2.17. The average Bonchev–Trinajstić information content (AvgIpc) is 2.66. The van der Waals surface area contributed by atoms with Crippen molar-refractivity contribution in [2.45, 2.75) is 18.9 Å². The summed E-state index contributed by atoms with van der Waals surface area (Å²) < 4.78 is 0. The number of aromatic nitrogens is 1. The Morgan fingerprint density at radius 1 is 1.67 bits per heavy atom. The minimum absolute atomic E-state index is 0.0563. The van der Waals surface area contributed by atoms with E-state index in [4.69, 9.17) is 5.73 Å². The van der Waals surface area contributed by atoms with Gasteiger partial charge in [0.15, 0.2) is 0 Å². The number of carbonyl (C=O) groups excluding carboxylic acids is 1. The Morgan fingerprint density at radius 2 is 2.53 bits per heavy atom. The third kappa shape index (κ3) is 2.68. The molecule has 5 heteroatoms. The fraction of sp³-hybridized carbons (Fsp3) is 0.500. The van der Waals surface area contributed by atoms with Crippen LogP contribution in [0, 0.1) is 0 Å². The van der Waals surface area contributed by atoms with Gasteiger partial charge in [0.05, 0.1) is 0 Å². The van der Waals surface area contributed by atoms with E-state index in [0.717, 1.165) is 12.2 Å². The van der Waals surface area contributed by atoms with Gasteiger partial charge in [0, 0.05) is 23.7 Å². The molecule has 1 aliphatic heterocycles. The molecule has 0 bridgehead atoms. The highest BCUT2D eigenvalue weighted by Crippen LogP contribution is 2.17. The van der Waals surface area contributed by atoms with Gasteiger partial charge in [-0.25, -0.2) is 0 Å². The molecule has 0 radical (unpaired) electrons. The summed E-state index contributed by atoms with van der Waals surface area (Å²) in [5, 5.41) is 3.00. The maximum absolute atomic E-state index is 11.7. The molecule has 1 saturated heterocycles. The van der Waals surface area contributed by atoms with Crippen molar-refractivity contribution in [1.82, 2.24) is 10.3 Å². The maximum atomic E-state index is 11.7. The van der Waals surface area contributed by atoms with Crippen LogP contribution in [0.5, 0.6) is 0 Å². The van der Waals surface area contributed by atoms with Crippen LogP contribution in [0.2, 0.25) is 0 Å². The van der Waals surface area contributed by atoms with Crippen LogP contribution in [0.25, 0.3) is 0 Å². The van der Waals surface area contributed by atoms with E-state index in [2.05, 4.69) is 10.3 Å². The van der Waals surface area contributed by atoms with Crippen molar-refractivity contribution >= 4 is 23.4 Å². The maximum Gasteiger partial charge on any atom is 0.268 e. The van der Waals surface area contributed by atoms with E-state index >= 15 is 0 Å². The van der Waals surface area contributed by atoms with E-state index in [1.807, 2.05) is 11.8 Å². The first-order valence-corrected chi connectivity index (χ1v) is 6.23. The lowest BCUT2D eigenvalue weighted by molar-refractivity contribution is 0.0934. The zero-order valence-corrected chi connectivity index (χ0v) is 9.27. The molecule has 0 aromatic carbocycles. The molecule has 0 saturated carbocycles. The van der Waals surface area contributed by atoms with Gasteiger partial charge in [0.1, 0.15) is 5.69 Å². The van der Waals surface area contributed by atoms with Crippen LogP contribution in [0.1, 0.15) is 23.3 Å². The molecule has 15 heavy (non-hydrogen) atoms. The Hall–Kier alpha value is -1.10. The highest BCUT2D eigenvalue weighted by molar-refractivity contribution is 7.99. The predicted octanol–water partition coefficient (Wildman–Crippen LogP) is 1.22. The molecule has 4 N–H and O–H groups in total. The number of amides is 1. The van der Waals surface area contributed by atoms with Gasteiger partial charge in [0.25, 0.3) is 5.91 Å². The van der Waals surface area contributed by atoms with Gasteiger partial charge in [-0.2, -0.15) is 11.8 Å². The lowest BCUT2D eigenvalue weighted by atomic mass is 10.2. The molecule has 4 nitrogen and oxygen atoms in total. The minimum Gasteiger partial charge on any atom is -0.397 e. The zero-order chi connectivity index (χ0) is 10.7. The quantitative estimate of drug-likeness (QED) is 0.708. The summed E-state index contributed by atoms with van der Waals surface area (Å²) in [5.74, 6) is 2.17. The summed E-state index contributed by atoms with van der Waals surface area (Å²) in [6.45, 7) is 0. The number of aromatic amines is 1. The summed E-state index contributed by atoms with van der Waals surface area (Å²) in [6, 6.07) is 1.96. The number of nitrogen functional groups attached to an aromatic ring is 1. The molecular formula is C10H15N3OS. The first-order chi connectivity index (χ1) is 7.25. The van der Waals surface area contributed by atoms with Crippen LogP contribution in [-0.4, -0.2) is 28.4 Å². The SMILES string of the molecule is Nc1c[nH]c(C(=O)NC2CCCSC2)c1. The number of thioether (sulfide) groups is 1. The van der Waals surface area contributed by atoms with Crippen molar-refractivity contribution in [1.29, 1.82) is 0 Å². The molecule has 0 aliphatic carbocycles. The Morgan fingerprint density at radius 3 is 3.13 bits per heavy atom. The fourth-order valence-electron chi connectivity index (χ4n) is 1.66.